The maximum Gasteiger partial charge on any atom is 0.270 e. The summed E-state index contributed by atoms with van der Waals surface area (Å²) in [6.45, 7) is 5.42. The van der Waals surface area contributed by atoms with Gasteiger partial charge in [-0.15, -0.1) is 0 Å². The lowest BCUT2D eigenvalue weighted by Gasteiger charge is -2.25. The Labute approximate surface area is 265 Å². The standard InChI is InChI=1S/C36H45N5O2S/c1-5-39(4)22-29-26-13-9-14-28-32(26)41(34(29)36(43)38(2)3)20-10-19-40-30-21-24(35(42)37-44-25-16-17-25)15-18-27(30)31(33(28)40)23-11-7-6-8-12-23/h9,13-15,18,21,23,25H,5-8,10-12,16-17,19-20,22H2,1-4H3,(H,37,42). The zero-order valence-electron chi connectivity index (χ0n) is 26.6. The summed E-state index contributed by atoms with van der Waals surface area (Å²) in [5.41, 5.74) is 8.97. The summed E-state index contributed by atoms with van der Waals surface area (Å²) in [6.07, 6.45) is 9.48. The predicted octanol–water partition coefficient (Wildman–Crippen LogP) is 7.41. The van der Waals surface area contributed by atoms with Gasteiger partial charge in [0.05, 0.1) is 11.2 Å². The van der Waals surface area contributed by atoms with Gasteiger partial charge in [-0.25, -0.2) is 0 Å². The zero-order valence-corrected chi connectivity index (χ0v) is 27.4. The highest BCUT2D eigenvalue weighted by atomic mass is 32.2. The fourth-order valence-electron chi connectivity index (χ4n) is 7.51. The number of fused-ring (bicyclic) bond motifs is 4. The van der Waals surface area contributed by atoms with Crippen molar-refractivity contribution in [3.05, 3.63) is 58.8 Å². The predicted molar refractivity (Wildman–Crippen MR) is 181 cm³/mol. The van der Waals surface area contributed by atoms with Gasteiger partial charge in [-0.2, -0.15) is 0 Å². The molecule has 7 rings (SSSR count). The van der Waals surface area contributed by atoms with E-state index in [0.29, 0.717) is 11.2 Å². The molecule has 7 nitrogen and oxygen atoms in total. The third-order valence-corrected chi connectivity index (χ3v) is 11.1. The summed E-state index contributed by atoms with van der Waals surface area (Å²) >= 11 is 1.57. The van der Waals surface area contributed by atoms with Crippen molar-refractivity contribution in [3.8, 4) is 11.3 Å². The second-order valence-corrected chi connectivity index (χ2v) is 14.4. The van der Waals surface area contributed by atoms with E-state index in [-0.39, 0.29) is 11.8 Å². The highest BCUT2D eigenvalue weighted by molar-refractivity contribution is 7.98. The van der Waals surface area contributed by atoms with E-state index in [0.717, 1.165) is 54.9 Å². The molecule has 1 N–H and O–H groups in total. The first kappa shape index (κ1) is 29.5. The normalized spacial score (nSPS) is 17.1. The van der Waals surface area contributed by atoms with Crippen LogP contribution in [0.3, 0.4) is 0 Å². The van der Waals surface area contributed by atoms with Gasteiger partial charge in [0.1, 0.15) is 5.69 Å². The zero-order chi connectivity index (χ0) is 30.5. The van der Waals surface area contributed by atoms with Crippen LogP contribution in [0, 0.1) is 0 Å². The second kappa shape index (κ2) is 11.9. The lowest BCUT2D eigenvalue weighted by molar-refractivity contribution is 0.0815. The lowest BCUT2D eigenvalue weighted by Crippen LogP contribution is -2.28. The first-order valence-corrected chi connectivity index (χ1v) is 17.4. The van der Waals surface area contributed by atoms with E-state index >= 15 is 0 Å². The van der Waals surface area contributed by atoms with Crippen molar-refractivity contribution < 1.29 is 9.59 Å². The summed E-state index contributed by atoms with van der Waals surface area (Å²) in [7, 11) is 5.85. The molecule has 2 fully saturated rings. The number of rotatable bonds is 8. The molecule has 0 radical (unpaired) electrons. The van der Waals surface area contributed by atoms with Crippen molar-refractivity contribution in [1.82, 2.24) is 23.7 Å². The van der Waals surface area contributed by atoms with Gasteiger partial charge in [0, 0.05) is 72.0 Å². The summed E-state index contributed by atoms with van der Waals surface area (Å²) in [5.74, 6) is 0.552. The van der Waals surface area contributed by atoms with Gasteiger partial charge in [-0.3, -0.25) is 14.3 Å². The smallest absolute Gasteiger partial charge is 0.270 e. The molecule has 4 aromatic rings. The SMILES string of the molecule is CCN(C)Cc1c(C(=O)N(C)C)n2c3c(cccc13)-c1c(C3CCCCC3)c3ccc(C(=O)NSC4CC4)cc3n1CCC2. The monoisotopic (exact) mass is 611 g/mol. The number of nitrogens with zero attached hydrogens (tertiary/aromatic N) is 4. The summed E-state index contributed by atoms with van der Waals surface area (Å²) < 4.78 is 7.95. The van der Waals surface area contributed by atoms with E-state index in [4.69, 9.17) is 0 Å². The fourth-order valence-corrected chi connectivity index (χ4v) is 8.27. The van der Waals surface area contributed by atoms with E-state index in [9.17, 15) is 9.59 Å². The van der Waals surface area contributed by atoms with E-state index in [2.05, 4.69) is 63.1 Å². The van der Waals surface area contributed by atoms with Crippen LogP contribution in [-0.4, -0.2) is 63.7 Å². The Kier molecular flexibility index (Phi) is 8.00. The van der Waals surface area contributed by atoms with Crippen molar-refractivity contribution in [2.24, 2.45) is 0 Å². The van der Waals surface area contributed by atoms with Crippen LogP contribution in [0.15, 0.2) is 36.4 Å². The Hall–Kier alpha value is -3.23. The molecule has 0 saturated heterocycles. The molecule has 2 aliphatic carbocycles. The topological polar surface area (TPSA) is 62.5 Å². The first-order valence-electron chi connectivity index (χ1n) is 16.5. The van der Waals surface area contributed by atoms with Crippen LogP contribution in [0.2, 0.25) is 0 Å². The van der Waals surface area contributed by atoms with Gasteiger partial charge in [-0.1, -0.05) is 50.5 Å². The van der Waals surface area contributed by atoms with Gasteiger partial charge in [-0.05, 0) is 81.3 Å². The average molecular weight is 612 g/mol. The van der Waals surface area contributed by atoms with E-state index < -0.39 is 0 Å². The Morgan fingerprint density at radius 1 is 0.932 bits per heavy atom. The molecular formula is C36H45N5O2S. The van der Waals surface area contributed by atoms with Crippen LogP contribution in [0.5, 0.6) is 0 Å². The number of carbonyl (C=O) groups excluding carboxylic acids is 2. The first-order chi connectivity index (χ1) is 21.4. The third kappa shape index (κ3) is 5.14. The highest BCUT2D eigenvalue weighted by Crippen LogP contribution is 2.47. The molecule has 0 bridgehead atoms. The van der Waals surface area contributed by atoms with Crippen molar-refractivity contribution in [1.29, 1.82) is 0 Å². The van der Waals surface area contributed by atoms with Gasteiger partial charge in [0.15, 0.2) is 0 Å². The van der Waals surface area contributed by atoms with Crippen LogP contribution in [0.4, 0.5) is 0 Å². The molecule has 0 unspecified atom stereocenters. The van der Waals surface area contributed by atoms with Gasteiger partial charge in [0.25, 0.3) is 11.8 Å². The van der Waals surface area contributed by atoms with Crippen molar-refractivity contribution >= 4 is 45.6 Å². The molecular weight excluding hydrogens is 566 g/mol. The molecule has 44 heavy (non-hydrogen) atoms. The Morgan fingerprint density at radius 2 is 1.70 bits per heavy atom. The van der Waals surface area contributed by atoms with Crippen LogP contribution < -0.4 is 4.72 Å². The van der Waals surface area contributed by atoms with Gasteiger partial charge in [0.2, 0.25) is 0 Å². The molecule has 1 aliphatic heterocycles. The summed E-state index contributed by atoms with van der Waals surface area (Å²) in [4.78, 5) is 31.1. The Bertz CT molecular complexity index is 1740. The van der Waals surface area contributed by atoms with Crippen molar-refractivity contribution in [2.45, 2.75) is 89.1 Å². The van der Waals surface area contributed by atoms with Crippen molar-refractivity contribution in [3.63, 3.8) is 0 Å². The number of hydrogen-bond donors (Lipinski definition) is 1. The molecule has 0 atom stereocenters. The minimum absolute atomic E-state index is 0.00286. The largest absolute Gasteiger partial charge is 0.343 e. The summed E-state index contributed by atoms with van der Waals surface area (Å²) in [6, 6.07) is 13.1. The van der Waals surface area contributed by atoms with E-state index in [1.165, 1.54) is 78.1 Å². The van der Waals surface area contributed by atoms with Crippen LogP contribution >= 0.6 is 11.9 Å². The molecule has 2 saturated carbocycles. The van der Waals surface area contributed by atoms with Crippen molar-refractivity contribution in [2.75, 3.05) is 27.7 Å². The minimum Gasteiger partial charge on any atom is -0.343 e. The molecule has 3 aliphatic rings. The fraction of sp³-hybridized carbons (Fsp3) is 0.500. The van der Waals surface area contributed by atoms with E-state index in [1.807, 2.05) is 20.2 Å². The maximum atomic E-state index is 13.9. The Balaban J connectivity index is 1.48. The van der Waals surface area contributed by atoms with Crippen LogP contribution in [0.25, 0.3) is 33.1 Å². The number of aromatic nitrogens is 2. The van der Waals surface area contributed by atoms with Crippen LogP contribution in [0.1, 0.15) is 96.2 Å². The summed E-state index contributed by atoms with van der Waals surface area (Å²) in [5, 5.41) is 3.03. The number of amides is 2. The van der Waals surface area contributed by atoms with Gasteiger partial charge >= 0.3 is 0 Å². The average Bonchev–Trinajstić information content (AvgIpc) is 3.75. The number of nitrogens with one attached hydrogen (secondary N) is 1. The molecule has 8 heteroatoms. The number of benzene rings is 2. The maximum absolute atomic E-state index is 13.9. The number of aryl methyl sites for hydroxylation is 2. The molecule has 0 spiro atoms. The molecule has 2 aromatic carbocycles. The minimum atomic E-state index is -0.00286. The van der Waals surface area contributed by atoms with E-state index in [1.54, 1.807) is 16.8 Å². The third-order valence-electron chi connectivity index (χ3n) is 10.0. The quantitative estimate of drug-likeness (QED) is 0.211. The molecule has 3 heterocycles. The van der Waals surface area contributed by atoms with Crippen LogP contribution in [-0.2, 0) is 19.6 Å². The Morgan fingerprint density at radius 3 is 2.43 bits per heavy atom. The number of carbonyl (C=O) groups is 2. The second-order valence-electron chi connectivity index (χ2n) is 13.3. The molecule has 232 valence electrons. The van der Waals surface area contributed by atoms with Gasteiger partial charge < -0.3 is 18.9 Å². The molecule has 2 amide bonds. The highest BCUT2D eigenvalue weighted by Gasteiger charge is 2.32. The molecule has 2 aromatic heterocycles. The lowest BCUT2D eigenvalue weighted by atomic mass is 9.81. The number of para-hydroxylation sites is 1. The number of hydrogen-bond acceptors (Lipinski definition) is 4.